The van der Waals surface area contributed by atoms with Crippen molar-refractivity contribution >= 4 is 11.6 Å². The predicted molar refractivity (Wildman–Crippen MR) is 97.3 cm³/mol. The van der Waals surface area contributed by atoms with E-state index in [1.165, 1.54) is 0 Å². The highest BCUT2D eigenvalue weighted by atomic mass is 15.3. The molecule has 5 rings (SSSR count). The molecular formula is C18H20N8. The number of fused-ring (bicyclic) bond motifs is 1. The fourth-order valence-corrected chi connectivity index (χ4v) is 3.96. The maximum atomic E-state index is 4.52. The molecular weight excluding hydrogens is 328 g/mol. The third-order valence-corrected chi connectivity index (χ3v) is 5.28. The van der Waals surface area contributed by atoms with Crippen molar-refractivity contribution in [2.24, 2.45) is 11.8 Å². The van der Waals surface area contributed by atoms with Crippen molar-refractivity contribution in [1.82, 2.24) is 29.7 Å². The van der Waals surface area contributed by atoms with Gasteiger partial charge in [0.25, 0.3) is 0 Å². The Labute approximate surface area is 151 Å². The highest BCUT2D eigenvalue weighted by molar-refractivity contribution is 5.46. The van der Waals surface area contributed by atoms with Crippen LogP contribution in [0.4, 0.5) is 11.6 Å². The first kappa shape index (κ1) is 15.2. The van der Waals surface area contributed by atoms with Gasteiger partial charge in [0.05, 0.1) is 18.1 Å². The lowest BCUT2D eigenvalue weighted by Gasteiger charge is -2.23. The van der Waals surface area contributed by atoms with Crippen molar-refractivity contribution in [3.63, 3.8) is 0 Å². The Kier molecular flexibility index (Phi) is 3.55. The molecule has 0 saturated carbocycles. The van der Waals surface area contributed by atoms with Crippen LogP contribution in [0.15, 0.2) is 43.2 Å². The summed E-state index contributed by atoms with van der Waals surface area (Å²) in [6.07, 6.45) is 8.99. The summed E-state index contributed by atoms with van der Waals surface area (Å²) in [6, 6.07) is 3.90. The van der Waals surface area contributed by atoms with E-state index in [1.807, 2.05) is 37.6 Å². The molecule has 8 nitrogen and oxygen atoms in total. The number of hydrogen-bond acceptors (Lipinski definition) is 7. The highest BCUT2D eigenvalue weighted by Crippen LogP contribution is 2.35. The Morgan fingerprint density at radius 3 is 2.23 bits per heavy atom. The van der Waals surface area contributed by atoms with Crippen LogP contribution in [-0.4, -0.2) is 55.9 Å². The van der Waals surface area contributed by atoms with Crippen molar-refractivity contribution in [2.75, 3.05) is 36.0 Å². The van der Waals surface area contributed by atoms with Gasteiger partial charge in [-0.05, 0) is 13.0 Å². The first-order valence-corrected chi connectivity index (χ1v) is 8.87. The fourth-order valence-electron chi connectivity index (χ4n) is 3.96. The quantitative estimate of drug-likeness (QED) is 0.707. The van der Waals surface area contributed by atoms with Crippen molar-refractivity contribution in [2.45, 2.75) is 6.92 Å². The molecule has 3 aromatic heterocycles. The van der Waals surface area contributed by atoms with Crippen molar-refractivity contribution in [3.8, 4) is 5.82 Å². The van der Waals surface area contributed by atoms with Crippen LogP contribution in [0, 0.1) is 18.8 Å². The molecule has 0 N–H and O–H groups in total. The van der Waals surface area contributed by atoms with E-state index in [0.29, 0.717) is 11.8 Å². The predicted octanol–water partition coefficient (Wildman–Crippen LogP) is 1.33. The fraction of sp³-hybridized carbons (Fsp3) is 0.389. The Hall–Kier alpha value is -3.03. The average Bonchev–Trinajstić information content (AvgIpc) is 3.39. The molecule has 2 aliphatic heterocycles. The van der Waals surface area contributed by atoms with E-state index in [4.69, 9.17) is 0 Å². The van der Waals surface area contributed by atoms with Crippen molar-refractivity contribution in [1.29, 1.82) is 0 Å². The smallest absolute Gasteiger partial charge is 0.158 e. The SMILES string of the molecule is Cc1cnc(N2CC3CN(c4cc(-n5cccn5)ncn4)CC3C2)cn1. The van der Waals surface area contributed by atoms with E-state index in [0.717, 1.165) is 49.3 Å². The van der Waals surface area contributed by atoms with E-state index in [-0.39, 0.29) is 0 Å². The van der Waals surface area contributed by atoms with Gasteiger partial charge in [-0.25, -0.2) is 19.6 Å². The maximum absolute atomic E-state index is 4.52. The standard InChI is InChI=1S/C18H20N8/c1-13-6-20-18(7-19-13)25-10-14-8-24(9-15(14)11-25)16-5-17(22-12-21-16)26-4-2-3-23-26/h2-7,12,14-15H,8-11H2,1H3. The summed E-state index contributed by atoms with van der Waals surface area (Å²) in [6.45, 7) is 6.03. The zero-order valence-electron chi connectivity index (χ0n) is 14.6. The topological polar surface area (TPSA) is 75.9 Å². The molecule has 2 fully saturated rings. The molecule has 5 heterocycles. The van der Waals surface area contributed by atoms with Gasteiger partial charge in [0.15, 0.2) is 5.82 Å². The van der Waals surface area contributed by atoms with Gasteiger partial charge in [-0.2, -0.15) is 5.10 Å². The summed E-state index contributed by atoms with van der Waals surface area (Å²) in [5.41, 5.74) is 0.955. The van der Waals surface area contributed by atoms with Crippen LogP contribution in [0.25, 0.3) is 5.82 Å². The molecule has 8 heteroatoms. The van der Waals surface area contributed by atoms with Gasteiger partial charge >= 0.3 is 0 Å². The largest absolute Gasteiger partial charge is 0.356 e. The molecule has 132 valence electrons. The van der Waals surface area contributed by atoms with Crippen LogP contribution in [-0.2, 0) is 0 Å². The minimum atomic E-state index is 0.626. The van der Waals surface area contributed by atoms with Gasteiger partial charge in [0.1, 0.15) is 18.0 Å². The minimum Gasteiger partial charge on any atom is -0.356 e. The van der Waals surface area contributed by atoms with Crippen LogP contribution in [0.3, 0.4) is 0 Å². The van der Waals surface area contributed by atoms with Crippen LogP contribution in [0.1, 0.15) is 5.69 Å². The molecule has 0 bridgehead atoms. The number of hydrogen-bond donors (Lipinski definition) is 0. The second kappa shape index (κ2) is 6.05. The first-order valence-electron chi connectivity index (χ1n) is 8.87. The molecule has 26 heavy (non-hydrogen) atoms. The lowest BCUT2D eigenvalue weighted by atomic mass is 10.0. The monoisotopic (exact) mass is 348 g/mol. The second-order valence-corrected chi connectivity index (χ2v) is 7.03. The van der Waals surface area contributed by atoms with Gasteiger partial charge in [-0.3, -0.25) is 4.98 Å². The Balaban J connectivity index is 1.30. The third-order valence-electron chi connectivity index (χ3n) is 5.28. The molecule has 2 unspecified atom stereocenters. The normalized spacial score (nSPS) is 22.0. The Morgan fingerprint density at radius 1 is 0.846 bits per heavy atom. The van der Waals surface area contributed by atoms with Crippen molar-refractivity contribution < 1.29 is 0 Å². The summed E-state index contributed by atoms with van der Waals surface area (Å²) >= 11 is 0. The molecule has 2 atom stereocenters. The Bertz CT molecular complexity index is 878. The molecule has 0 spiro atoms. The highest BCUT2D eigenvalue weighted by Gasteiger charge is 2.41. The summed E-state index contributed by atoms with van der Waals surface area (Å²) in [5, 5.41) is 4.25. The van der Waals surface area contributed by atoms with Crippen LogP contribution >= 0.6 is 0 Å². The molecule has 0 aliphatic carbocycles. The zero-order valence-corrected chi connectivity index (χ0v) is 14.6. The zero-order chi connectivity index (χ0) is 17.5. The van der Waals surface area contributed by atoms with Gasteiger partial charge in [0, 0.05) is 56.5 Å². The second-order valence-electron chi connectivity index (χ2n) is 7.03. The molecule has 0 aromatic carbocycles. The van der Waals surface area contributed by atoms with Gasteiger partial charge in [-0.1, -0.05) is 0 Å². The van der Waals surface area contributed by atoms with E-state index >= 15 is 0 Å². The summed E-state index contributed by atoms with van der Waals surface area (Å²) in [7, 11) is 0. The summed E-state index contributed by atoms with van der Waals surface area (Å²) < 4.78 is 1.76. The average molecular weight is 348 g/mol. The molecule has 0 radical (unpaired) electrons. The van der Waals surface area contributed by atoms with Crippen LogP contribution in [0.5, 0.6) is 0 Å². The Morgan fingerprint density at radius 2 is 1.58 bits per heavy atom. The van der Waals surface area contributed by atoms with Crippen molar-refractivity contribution in [3.05, 3.63) is 48.9 Å². The number of aromatic nitrogens is 6. The minimum absolute atomic E-state index is 0.626. The van der Waals surface area contributed by atoms with Gasteiger partial charge < -0.3 is 9.80 Å². The van der Waals surface area contributed by atoms with E-state index in [2.05, 4.69) is 34.8 Å². The number of aryl methyl sites for hydroxylation is 1. The van der Waals surface area contributed by atoms with Gasteiger partial charge in [-0.15, -0.1) is 0 Å². The summed E-state index contributed by atoms with van der Waals surface area (Å²) in [4.78, 5) is 22.4. The maximum Gasteiger partial charge on any atom is 0.158 e. The molecule has 2 saturated heterocycles. The van der Waals surface area contributed by atoms with E-state index in [1.54, 1.807) is 17.2 Å². The number of nitrogens with zero attached hydrogens (tertiary/aromatic N) is 8. The van der Waals surface area contributed by atoms with E-state index in [9.17, 15) is 0 Å². The molecule has 2 aliphatic rings. The molecule has 0 amide bonds. The number of anilines is 2. The van der Waals surface area contributed by atoms with Crippen LogP contribution in [0.2, 0.25) is 0 Å². The number of rotatable bonds is 3. The van der Waals surface area contributed by atoms with Gasteiger partial charge in [0.2, 0.25) is 0 Å². The van der Waals surface area contributed by atoms with Crippen LogP contribution < -0.4 is 9.80 Å². The lowest BCUT2D eigenvalue weighted by Crippen LogP contribution is -2.29. The lowest BCUT2D eigenvalue weighted by molar-refractivity contribution is 0.533. The summed E-state index contributed by atoms with van der Waals surface area (Å²) in [5.74, 6) is 4.01. The first-order chi connectivity index (χ1) is 12.8. The third kappa shape index (κ3) is 2.67. The van der Waals surface area contributed by atoms with E-state index < -0.39 is 0 Å². The molecule has 3 aromatic rings.